The molecule has 1 aromatic heterocycles. The van der Waals surface area contributed by atoms with Crippen molar-refractivity contribution in [2.75, 3.05) is 11.9 Å². The molecule has 1 heterocycles. The minimum Gasteiger partial charge on any atom is -0.357 e. The number of amides is 1. The number of H-pyrrole nitrogens is 1. The summed E-state index contributed by atoms with van der Waals surface area (Å²) < 4.78 is 0. The Kier molecular flexibility index (Phi) is 4.01. The molecular formula is C15H15N3O. The van der Waals surface area contributed by atoms with Crippen molar-refractivity contribution in [2.24, 2.45) is 5.73 Å². The predicted molar refractivity (Wildman–Crippen MR) is 75.9 cm³/mol. The van der Waals surface area contributed by atoms with Gasteiger partial charge < -0.3 is 16.0 Å². The Balaban J connectivity index is 2.14. The van der Waals surface area contributed by atoms with E-state index in [1.54, 1.807) is 18.3 Å². The summed E-state index contributed by atoms with van der Waals surface area (Å²) in [5.74, 6) is 5.64. The van der Waals surface area contributed by atoms with Gasteiger partial charge in [-0.15, -0.1) is 0 Å². The molecule has 0 unspecified atom stereocenters. The Bertz CT molecular complexity index is 633. The summed E-state index contributed by atoms with van der Waals surface area (Å²) in [4.78, 5) is 14.7. The molecular weight excluding hydrogens is 238 g/mol. The molecule has 0 bridgehead atoms. The van der Waals surface area contributed by atoms with Gasteiger partial charge in [0.2, 0.25) is 0 Å². The van der Waals surface area contributed by atoms with Gasteiger partial charge in [0, 0.05) is 17.4 Å². The van der Waals surface area contributed by atoms with E-state index in [9.17, 15) is 4.79 Å². The van der Waals surface area contributed by atoms with Gasteiger partial charge in [0.05, 0.1) is 6.54 Å². The molecule has 1 amide bonds. The molecule has 2 aromatic rings. The lowest BCUT2D eigenvalue weighted by molar-refractivity contribution is 0.102. The lowest BCUT2D eigenvalue weighted by atomic mass is 10.1. The van der Waals surface area contributed by atoms with Gasteiger partial charge in [0.15, 0.2) is 0 Å². The predicted octanol–water partition coefficient (Wildman–Crippen LogP) is 1.89. The highest BCUT2D eigenvalue weighted by molar-refractivity contribution is 6.02. The quantitative estimate of drug-likeness (QED) is 0.715. The molecule has 0 aliphatic heterocycles. The van der Waals surface area contributed by atoms with E-state index in [4.69, 9.17) is 5.73 Å². The van der Waals surface area contributed by atoms with Crippen molar-refractivity contribution in [2.45, 2.75) is 6.92 Å². The van der Waals surface area contributed by atoms with Crippen LogP contribution in [0.5, 0.6) is 0 Å². The average Bonchev–Trinajstić information content (AvgIpc) is 2.92. The first-order valence-electron chi connectivity index (χ1n) is 5.95. The lowest BCUT2D eigenvalue weighted by Gasteiger charge is -2.06. The zero-order valence-electron chi connectivity index (χ0n) is 10.7. The Morgan fingerprint density at radius 2 is 2.26 bits per heavy atom. The zero-order valence-corrected chi connectivity index (χ0v) is 10.7. The lowest BCUT2D eigenvalue weighted by Crippen LogP contribution is -2.12. The molecule has 0 atom stereocenters. The standard InChI is InChI=1S/C15H15N3O/c1-11-10-13(7-6-12(11)4-2-8-16)18-15(19)14-5-3-9-17-14/h3,5-7,9-10,17H,8,16H2,1H3,(H,18,19). The first kappa shape index (κ1) is 12.9. The molecule has 2 rings (SSSR count). The number of aromatic amines is 1. The summed E-state index contributed by atoms with van der Waals surface area (Å²) in [6.07, 6.45) is 1.71. The molecule has 19 heavy (non-hydrogen) atoms. The largest absolute Gasteiger partial charge is 0.357 e. The van der Waals surface area contributed by atoms with Crippen molar-refractivity contribution in [3.8, 4) is 11.8 Å². The van der Waals surface area contributed by atoms with Crippen LogP contribution in [0.15, 0.2) is 36.5 Å². The number of carbonyl (C=O) groups excluding carboxylic acids is 1. The molecule has 0 spiro atoms. The molecule has 0 aliphatic carbocycles. The zero-order chi connectivity index (χ0) is 13.7. The first-order valence-corrected chi connectivity index (χ1v) is 5.95. The number of hydrogen-bond acceptors (Lipinski definition) is 2. The molecule has 0 radical (unpaired) electrons. The highest BCUT2D eigenvalue weighted by Crippen LogP contribution is 2.15. The van der Waals surface area contributed by atoms with E-state index in [0.717, 1.165) is 16.8 Å². The van der Waals surface area contributed by atoms with E-state index in [2.05, 4.69) is 22.1 Å². The highest BCUT2D eigenvalue weighted by Gasteiger charge is 2.06. The topological polar surface area (TPSA) is 70.9 Å². The van der Waals surface area contributed by atoms with E-state index in [1.807, 2.05) is 25.1 Å². The third-order valence-electron chi connectivity index (χ3n) is 2.65. The highest BCUT2D eigenvalue weighted by atomic mass is 16.1. The maximum Gasteiger partial charge on any atom is 0.272 e. The Morgan fingerprint density at radius 3 is 2.89 bits per heavy atom. The Labute approximate surface area is 112 Å². The fourth-order valence-corrected chi connectivity index (χ4v) is 1.70. The van der Waals surface area contributed by atoms with Crippen molar-refractivity contribution in [3.63, 3.8) is 0 Å². The SMILES string of the molecule is Cc1cc(NC(=O)c2ccc[nH]2)ccc1C#CCN. The van der Waals surface area contributed by atoms with E-state index >= 15 is 0 Å². The molecule has 0 fully saturated rings. The number of carbonyl (C=O) groups is 1. The third-order valence-corrected chi connectivity index (χ3v) is 2.65. The smallest absolute Gasteiger partial charge is 0.272 e. The van der Waals surface area contributed by atoms with Gasteiger partial charge in [0.1, 0.15) is 5.69 Å². The normalized spacial score (nSPS) is 9.58. The molecule has 0 saturated carbocycles. The molecule has 4 N–H and O–H groups in total. The Morgan fingerprint density at radius 1 is 1.42 bits per heavy atom. The Hall–Kier alpha value is -2.51. The summed E-state index contributed by atoms with van der Waals surface area (Å²) in [5.41, 5.74) is 8.54. The monoisotopic (exact) mass is 253 g/mol. The average molecular weight is 253 g/mol. The second-order valence-corrected chi connectivity index (χ2v) is 4.07. The van der Waals surface area contributed by atoms with Crippen molar-refractivity contribution >= 4 is 11.6 Å². The van der Waals surface area contributed by atoms with Gasteiger partial charge in [-0.2, -0.15) is 0 Å². The van der Waals surface area contributed by atoms with Gasteiger partial charge in [0.25, 0.3) is 5.91 Å². The number of aryl methyl sites for hydroxylation is 1. The van der Waals surface area contributed by atoms with Gasteiger partial charge in [-0.25, -0.2) is 0 Å². The maximum atomic E-state index is 11.9. The second kappa shape index (κ2) is 5.89. The molecule has 4 nitrogen and oxygen atoms in total. The van der Waals surface area contributed by atoms with Crippen LogP contribution >= 0.6 is 0 Å². The number of rotatable bonds is 2. The van der Waals surface area contributed by atoms with Crippen LogP contribution < -0.4 is 11.1 Å². The molecule has 4 heteroatoms. The van der Waals surface area contributed by atoms with Crippen LogP contribution in [0.2, 0.25) is 0 Å². The van der Waals surface area contributed by atoms with Crippen LogP contribution in [0.25, 0.3) is 0 Å². The second-order valence-electron chi connectivity index (χ2n) is 4.07. The summed E-state index contributed by atoms with van der Waals surface area (Å²) in [6, 6.07) is 9.10. The number of nitrogens with one attached hydrogen (secondary N) is 2. The summed E-state index contributed by atoms with van der Waals surface area (Å²) in [6.45, 7) is 2.29. The van der Waals surface area contributed by atoms with Crippen molar-refractivity contribution in [1.82, 2.24) is 4.98 Å². The van der Waals surface area contributed by atoms with Crippen molar-refractivity contribution in [1.29, 1.82) is 0 Å². The fourth-order valence-electron chi connectivity index (χ4n) is 1.70. The van der Waals surface area contributed by atoms with Crippen LogP contribution in [0.1, 0.15) is 21.6 Å². The van der Waals surface area contributed by atoms with E-state index in [0.29, 0.717) is 12.2 Å². The number of benzene rings is 1. The van der Waals surface area contributed by atoms with Crippen LogP contribution in [-0.4, -0.2) is 17.4 Å². The maximum absolute atomic E-state index is 11.9. The summed E-state index contributed by atoms with van der Waals surface area (Å²) in [7, 11) is 0. The van der Waals surface area contributed by atoms with Crippen molar-refractivity contribution < 1.29 is 4.79 Å². The molecule has 0 aliphatic rings. The van der Waals surface area contributed by atoms with E-state index < -0.39 is 0 Å². The summed E-state index contributed by atoms with van der Waals surface area (Å²) >= 11 is 0. The van der Waals surface area contributed by atoms with Crippen molar-refractivity contribution in [3.05, 3.63) is 53.3 Å². The minimum atomic E-state index is -0.162. The van der Waals surface area contributed by atoms with Gasteiger partial charge in [-0.1, -0.05) is 11.8 Å². The minimum absolute atomic E-state index is 0.162. The number of nitrogens with two attached hydrogens (primary N) is 1. The van der Waals surface area contributed by atoms with Crippen LogP contribution in [-0.2, 0) is 0 Å². The van der Waals surface area contributed by atoms with Gasteiger partial charge in [-0.05, 0) is 42.8 Å². The molecule has 1 aromatic carbocycles. The molecule has 0 saturated heterocycles. The summed E-state index contributed by atoms with van der Waals surface area (Å²) in [5, 5.41) is 2.83. The number of aromatic nitrogens is 1. The number of anilines is 1. The first-order chi connectivity index (χ1) is 9.20. The van der Waals surface area contributed by atoms with Gasteiger partial charge in [-0.3, -0.25) is 4.79 Å². The third kappa shape index (κ3) is 3.24. The van der Waals surface area contributed by atoms with E-state index in [-0.39, 0.29) is 5.91 Å². The number of hydrogen-bond donors (Lipinski definition) is 3. The van der Waals surface area contributed by atoms with E-state index in [1.165, 1.54) is 0 Å². The van der Waals surface area contributed by atoms with Crippen LogP contribution in [0, 0.1) is 18.8 Å². The van der Waals surface area contributed by atoms with Crippen LogP contribution in [0.3, 0.4) is 0 Å². The molecule has 96 valence electrons. The fraction of sp³-hybridized carbons (Fsp3) is 0.133. The van der Waals surface area contributed by atoms with Gasteiger partial charge >= 0.3 is 0 Å². The van der Waals surface area contributed by atoms with Crippen LogP contribution in [0.4, 0.5) is 5.69 Å².